The first-order valence-electron chi connectivity index (χ1n) is 3.68. The highest BCUT2D eigenvalue weighted by Gasteiger charge is 2.15. The molecule has 0 rings (SSSR count). The van der Waals surface area contributed by atoms with Crippen LogP contribution < -0.4 is 0 Å². The van der Waals surface area contributed by atoms with Crippen LogP contribution in [0.2, 0.25) is 0 Å². The molecule has 0 aromatic rings. The Labute approximate surface area is 63.5 Å². The fraction of sp³-hybridized carbons (Fsp3) is 0.778. The summed E-state index contributed by atoms with van der Waals surface area (Å²) in [5.41, 5.74) is -0.899. The van der Waals surface area contributed by atoms with Crippen LogP contribution in [0.5, 0.6) is 0 Å². The predicted molar refractivity (Wildman–Crippen MR) is 43.5 cm³/mol. The molecule has 0 radical (unpaired) electrons. The van der Waals surface area contributed by atoms with E-state index in [0.717, 1.165) is 6.42 Å². The van der Waals surface area contributed by atoms with Crippen molar-refractivity contribution in [3.8, 4) is 12.3 Å². The Hall–Kier alpha value is -0.480. The maximum Gasteiger partial charge on any atom is 0.122 e. The van der Waals surface area contributed by atoms with Crippen LogP contribution in [-0.4, -0.2) is 10.7 Å². The highest BCUT2D eigenvalue weighted by molar-refractivity contribution is 5.03. The number of terminal acetylenes is 1. The van der Waals surface area contributed by atoms with Gasteiger partial charge in [-0.05, 0) is 25.7 Å². The smallest absolute Gasteiger partial charge is 0.122 e. The lowest BCUT2D eigenvalue weighted by Gasteiger charge is -2.16. The van der Waals surface area contributed by atoms with E-state index in [1.165, 1.54) is 0 Å². The third-order valence-electron chi connectivity index (χ3n) is 1.52. The molecule has 0 aliphatic rings. The van der Waals surface area contributed by atoms with Crippen LogP contribution in [0.1, 0.15) is 33.6 Å². The molecule has 0 amide bonds. The van der Waals surface area contributed by atoms with Crippen LogP contribution in [0.3, 0.4) is 0 Å². The first-order valence-corrected chi connectivity index (χ1v) is 3.68. The predicted octanol–water partition coefficient (Wildman–Crippen LogP) is 1.81. The van der Waals surface area contributed by atoms with Crippen LogP contribution in [-0.2, 0) is 0 Å². The van der Waals surface area contributed by atoms with Gasteiger partial charge >= 0.3 is 0 Å². The van der Waals surface area contributed by atoms with E-state index in [-0.39, 0.29) is 0 Å². The van der Waals surface area contributed by atoms with E-state index in [0.29, 0.717) is 12.3 Å². The van der Waals surface area contributed by atoms with Gasteiger partial charge in [0.2, 0.25) is 0 Å². The standard InChI is InChI=1S/C9H16O/c1-5-9(4,10)7-6-8(2)3/h1,8,10H,6-7H2,2-4H3/t9-/m1/s1. The van der Waals surface area contributed by atoms with Gasteiger partial charge < -0.3 is 5.11 Å². The average molecular weight is 140 g/mol. The van der Waals surface area contributed by atoms with E-state index in [4.69, 9.17) is 6.42 Å². The Bertz CT molecular complexity index is 128. The normalized spacial score (nSPS) is 16.4. The zero-order valence-electron chi connectivity index (χ0n) is 7.02. The van der Waals surface area contributed by atoms with Crippen molar-refractivity contribution in [1.29, 1.82) is 0 Å². The van der Waals surface area contributed by atoms with E-state index < -0.39 is 5.60 Å². The molecule has 1 nitrogen and oxygen atoms in total. The zero-order valence-corrected chi connectivity index (χ0v) is 7.02. The molecule has 0 bridgehead atoms. The van der Waals surface area contributed by atoms with Crippen LogP contribution in [0, 0.1) is 18.3 Å². The summed E-state index contributed by atoms with van der Waals surface area (Å²) in [6.45, 7) is 5.91. The quantitative estimate of drug-likeness (QED) is 0.593. The Morgan fingerprint density at radius 2 is 2.10 bits per heavy atom. The molecule has 1 N–H and O–H groups in total. The van der Waals surface area contributed by atoms with Crippen molar-refractivity contribution in [2.75, 3.05) is 0 Å². The van der Waals surface area contributed by atoms with E-state index >= 15 is 0 Å². The molecule has 10 heavy (non-hydrogen) atoms. The first kappa shape index (κ1) is 9.52. The lowest BCUT2D eigenvalue weighted by Crippen LogP contribution is -2.21. The SMILES string of the molecule is C#C[C@@](C)(O)CCC(C)C. The number of hydrogen-bond acceptors (Lipinski definition) is 1. The fourth-order valence-electron chi connectivity index (χ4n) is 0.642. The summed E-state index contributed by atoms with van der Waals surface area (Å²) in [5, 5.41) is 9.34. The molecule has 0 aromatic carbocycles. The third kappa shape index (κ3) is 4.40. The minimum Gasteiger partial charge on any atom is -0.378 e. The third-order valence-corrected chi connectivity index (χ3v) is 1.52. The number of aliphatic hydroxyl groups is 1. The van der Waals surface area contributed by atoms with Gasteiger partial charge in [0.05, 0.1) is 0 Å². The molecule has 0 saturated heterocycles. The summed E-state index contributed by atoms with van der Waals surface area (Å²) in [5.74, 6) is 2.96. The Morgan fingerprint density at radius 3 is 2.40 bits per heavy atom. The molecule has 0 saturated carbocycles. The first-order chi connectivity index (χ1) is 4.48. The monoisotopic (exact) mass is 140 g/mol. The molecular weight excluding hydrogens is 124 g/mol. The second kappa shape index (κ2) is 3.63. The van der Waals surface area contributed by atoms with Crippen LogP contribution >= 0.6 is 0 Å². The molecule has 1 atom stereocenters. The molecule has 58 valence electrons. The molecule has 0 heterocycles. The minimum absolute atomic E-state index is 0.611. The van der Waals surface area contributed by atoms with Gasteiger partial charge in [-0.25, -0.2) is 0 Å². The minimum atomic E-state index is -0.899. The summed E-state index contributed by atoms with van der Waals surface area (Å²) in [6.07, 6.45) is 6.77. The summed E-state index contributed by atoms with van der Waals surface area (Å²) in [4.78, 5) is 0. The Balaban J connectivity index is 3.60. The van der Waals surface area contributed by atoms with Crippen molar-refractivity contribution >= 4 is 0 Å². The maximum absolute atomic E-state index is 9.34. The van der Waals surface area contributed by atoms with Gasteiger partial charge in [0.15, 0.2) is 0 Å². The van der Waals surface area contributed by atoms with Gasteiger partial charge in [0.25, 0.3) is 0 Å². The topological polar surface area (TPSA) is 20.2 Å². The average Bonchev–Trinajstić information content (AvgIpc) is 1.85. The lowest BCUT2D eigenvalue weighted by molar-refractivity contribution is 0.105. The van der Waals surface area contributed by atoms with Crippen LogP contribution in [0.4, 0.5) is 0 Å². The van der Waals surface area contributed by atoms with E-state index in [1.807, 2.05) is 0 Å². The molecule has 0 aliphatic carbocycles. The summed E-state index contributed by atoms with van der Waals surface area (Å²) >= 11 is 0. The van der Waals surface area contributed by atoms with Gasteiger partial charge in [-0.15, -0.1) is 6.42 Å². The zero-order chi connectivity index (χ0) is 8.20. The molecular formula is C9H16O. The second-order valence-electron chi connectivity index (χ2n) is 3.35. The van der Waals surface area contributed by atoms with Gasteiger partial charge in [-0.2, -0.15) is 0 Å². The van der Waals surface area contributed by atoms with Gasteiger partial charge in [0, 0.05) is 0 Å². The van der Waals surface area contributed by atoms with E-state index in [2.05, 4.69) is 19.8 Å². The molecule has 0 aliphatic heterocycles. The Morgan fingerprint density at radius 1 is 1.60 bits per heavy atom. The van der Waals surface area contributed by atoms with Crippen molar-refractivity contribution in [2.24, 2.45) is 5.92 Å². The number of hydrogen-bond donors (Lipinski definition) is 1. The highest BCUT2D eigenvalue weighted by atomic mass is 16.3. The van der Waals surface area contributed by atoms with Crippen LogP contribution in [0.25, 0.3) is 0 Å². The second-order valence-corrected chi connectivity index (χ2v) is 3.35. The lowest BCUT2D eigenvalue weighted by atomic mass is 9.96. The summed E-state index contributed by atoms with van der Waals surface area (Å²) in [7, 11) is 0. The van der Waals surface area contributed by atoms with Crippen molar-refractivity contribution in [3.63, 3.8) is 0 Å². The fourth-order valence-corrected chi connectivity index (χ4v) is 0.642. The largest absolute Gasteiger partial charge is 0.378 e. The van der Waals surface area contributed by atoms with Crippen molar-refractivity contribution in [2.45, 2.75) is 39.2 Å². The van der Waals surface area contributed by atoms with Crippen molar-refractivity contribution in [1.82, 2.24) is 0 Å². The van der Waals surface area contributed by atoms with E-state index in [9.17, 15) is 5.11 Å². The van der Waals surface area contributed by atoms with Crippen LogP contribution in [0.15, 0.2) is 0 Å². The Kier molecular flexibility index (Phi) is 3.46. The molecule has 0 unspecified atom stereocenters. The van der Waals surface area contributed by atoms with Crippen molar-refractivity contribution in [3.05, 3.63) is 0 Å². The molecule has 0 aromatic heterocycles. The van der Waals surface area contributed by atoms with Gasteiger partial charge in [-0.3, -0.25) is 0 Å². The van der Waals surface area contributed by atoms with Gasteiger partial charge in [-0.1, -0.05) is 19.8 Å². The molecule has 0 fully saturated rings. The van der Waals surface area contributed by atoms with E-state index in [1.54, 1.807) is 6.92 Å². The maximum atomic E-state index is 9.34. The summed E-state index contributed by atoms with van der Waals surface area (Å²) < 4.78 is 0. The van der Waals surface area contributed by atoms with Crippen molar-refractivity contribution < 1.29 is 5.11 Å². The molecule has 1 heteroatoms. The number of rotatable bonds is 3. The highest BCUT2D eigenvalue weighted by Crippen LogP contribution is 2.14. The van der Waals surface area contributed by atoms with Gasteiger partial charge in [0.1, 0.15) is 5.60 Å². The molecule has 0 spiro atoms. The summed E-state index contributed by atoms with van der Waals surface area (Å²) in [6, 6.07) is 0.